The number of methoxy groups -OCH3 is 2. The van der Waals surface area contributed by atoms with E-state index in [0.29, 0.717) is 0 Å². The Balaban J connectivity index is 2.03. The molecule has 1 aliphatic carbocycles. The van der Waals surface area contributed by atoms with E-state index in [1.807, 2.05) is 36.4 Å². The minimum Gasteiger partial charge on any atom is -0.496 e. The highest BCUT2D eigenvalue weighted by molar-refractivity contribution is 5.44. The smallest absolute Gasteiger partial charge is 0.122 e. The van der Waals surface area contributed by atoms with E-state index >= 15 is 0 Å². The summed E-state index contributed by atoms with van der Waals surface area (Å²) < 4.78 is 11.0. The fourth-order valence-corrected chi connectivity index (χ4v) is 3.64. The Morgan fingerprint density at radius 3 is 1.59 bits per heavy atom. The van der Waals surface area contributed by atoms with Crippen molar-refractivity contribution in [3.05, 3.63) is 59.7 Å². The lowest BCUT2D eigenvalue weighted by Gasteiger charge is -2.23. The van der Waals surface area contributed by atoms with Crippen molar-refractivity contribution in [3.8, 4) is 11.5 Å². The predicted molar refractivity (Wildman–Crippen MR) is 86.7 cm³/mol. The number of aliphatic hydroxyl groups excluding tert-OH is 1. The summed E-state index contributed by atoms with van der Waals surface area (Å²) in [5, 5.41) is 10.2. The van der Waals surface area contributed by atoms with Crippen LogP contribution in [0.3, 0.4) is 0 Å². The zero-order chi connectivity index (χ0) is 15.5. The molecule has 116 valence electrons. The van der Waals surface area contributed by atoms with Gasteiger partial charge in [0.2, 0.25) is 0 Å². The lowest BCUT2D eigenvalue weighted by Crippen LogP contribution is -2.07. The highest BCUT2D eigenvalue weighted by Gasteiger charge is 2.37. The Bertz CT molecular complexity index is 583. The second-order valence-electron chi connectivity index (χ2n) is 5.82. The Labute approximate surface area is 131 Å². The molecule has 0 aromatic heterocycles. The minimum atomic E-state index is -0.287. The molecule has 0 spiro atoms. The van der Waals surface area contributed by atoms with Crippen LogP contribution in [0, 0.1) is 0 Å². The van der Waals surface area contributed by atoms with Gasteiger partial charge in [-0.1, -0.05) is 36.4 Å². The normalized spacial score (nSPS) is 21.8. The van der Waals surface area contributed by atoms with Crippen molar-refractivity contribution in [3.63, 3.8) is 0 Å². The summed E-state index contributed by atoms with van der Waals surface area (Å²) in [6, 6.07) is 16.2. The monoisotopic (exact) mass is 298 g/mol. The van der Waals surface area contributed by atoms with Crippen molar-refractivity contribution in [1.82, 2.24) is 0 Å². The van der Waals surface area contributed by atoms with Crippen LogP contribution < -0.4 is 9.47 Å². The van der Waals surface area contributed by atoms with Crippen LogP contribution >= 0.6 is 0 Å². The second kappa shape index (κ2) is 6.41. The number of benzene rings is 2. The van der Waals surface area contributed by atoms with Gasteiger partial charge < -0.3 is 14.6 Å². The third-order valence-corrected chi connectivity index (χ3v) is 4.61. The van der Waals surface area contributed by atoms with E-state index in [0.717, 1.165) is 35.5 Å². The molecule has 3 nitrogen and oxygen atoms in total. The summed E-state index contributed by atoms with van der Waals surface area (Å²) in [6.45, 7) is 0. The molecule has 1 N–H and O–H groups in total. The van der Waals surface area contributed by atoms with Gasteiger partial charge in [-0.2, -0.15) is 0 Å². The molecule has 0 aliphatic heterocycles. The van der Waals surface area contributed by atoms with Crippen LogP contribution in [0.5, 0.6) is 11.5 Å². The first kappa shape index (κ1) is 14.9. The topological polar surface area (TPSA) is 38.7 Å². The van der Waals surface area contributed by atoms with Gasteiger partial charge in [0.05, 0.1) is 20.3 Å². The van der Waals surface area contributed by atoms with Crippen LogP contribution in [0.15, 0.2) is 48.5 Å². The molecule has 1 fully saturated rings. The standard InChI is InChI=1S/C19H22O3/c1-21-18-9-5-3-7-14(18)16-11-13(20)12-17(16)15-8-4-6-10-19(15)22-2/h3-10,13,16-17,20H,11-12H2,1-2H3/t16-,17-/m0/s1. The fraction of sp³-hybridized carbons (Fsp3) is 0.368. The predicted octanol–water partition coefficient (Wildman–Crippen LogP) is 3.73. The maximum absolute atomic E-state index is 10.2. The molecule has 0 amide bonds. The molecule has 2 aromatic carbocycles. The zero-order valence-corrected chi connectivity index (χ0v) is 13.0. The fourth-order valence-electron chi connectivity index (χ4n) is 3.64. The highest BCUT2D eigenvalue weighted by Crippen LogP contribution is 2.50. The van der Waals surface area contributed by atoms with Crippen LogP contribution in [-0.2, 0) is 0 Å². The maximum Gasteiger partial charge on any atom is 0.122 e. The number of para-hydroxylation sites is 2. The molecule has 2 atom stereocenters. The van der Waals surface area contributed by atoms with Crippen LogP contribution in [0.4, 0.5) is 0 Å². The van der Waals surface area contributed by atoms with Gasteiger partial charge in [-0.3, -0.25) is 0 Å². The molecular weight excluding hydrogens is 276 g/mol. The number of hydrogen-bond donors (Lipinski definition) is 1. The number of ether oxygens (including phenoxy) is 2. The van der Waals surface area contributed by atoms with E-state index in [4.69, 9.17) is 9.47 Å². The van der Waals surface area contributed by atoms with E-state index in [2.05, 4.69) is 12.1 Å². The quantitative estimate of drug-likeness (QED) is 0.935. The first-order chi connectivity index (χ1) is 10.7. The summed E-state index contributed by atoms with van der Waals surface area (Å²) in [5.41, 5.74) is 2.33. The summed E-state index contributed by atoms with van der Waals surface area (Å²) >= 11 is 0. The molecule has 3 rings (SSSR count). The molecule has 1 aliphatic rings. The van der Waals surface area contributed by atoms with E-state index in [1.54, 1.807) is 14.2 Å². The molecule has 0 bridgehead atoms. The Morgan fingerprint density at radius 2 is 1.18 bits per heavy atom. The van der Waals surface area contributed by atoms with Gasteiger partial charge in [0.15, 0.2) is 0 Å². The molecule has 0 saturated heterocycles. The molecule has 22 heavy (non-hydrogen) atoms. The Kier molecular flexibility index (Phi) is 4.34. The van der Waals surface area contributed by atoms with Crippen molar-refractivity contribution in [2.45, 2.75) is 30.8 Å². The molecule has 3 heteroatoms. The maximum atomic E-state index is 10.2. The van der Waals surface area contributed by atoms with E-state index in [9.17, 15) is 5.11 Å². The summed E-state index contributed by atoms with van der Waals surface area (Å²) in [7, 11) is 3.39. The lowest BCUT2D eigenvalue weighted by atomic mass is 9.83. The van der Waals surface area contributed by atoms with Crippen LogP contribution in [-0.4, -0.2) is 25.4 Å². The molecular formula is C19H22O3. The first-order valence-corrected chi connectivity index (χ1v) is 7.68. The van der Waals surface area contributed by atoms with Crippen molar-refractivity contribution in [1.29, 1.82) is 0 Å². The second-order valence-corrected chi connectivity index (χ2v) is 5.82. The van der Waals surface area contributed by atoms with E-state index < -0.39 is 0 Å². The van der Waals surface area contributed by atoms with Crippen molar-refractivity contribution >= 4 is 0 Å². The zero-order valence-electron chi connectivity index (χ0n) is 13.0. The number of aliphatic hydroxyl groups is 1. The highest BCUT2D eigenvalue weighted by atomic mass is 16.5. The van der Waals surface area contributed by atoms with Crippen LogP contribution in [0.25, 0.3) is 0 Å². The van der Waals surface area contributed by atoms with Gasteiger partial charge in [0, 0.05) is 0 Å². The third kappa shape index (κ3) is 2.69. The summed E-state index contributed by atoms with van der Waals surface area (Å²) in [4.78, 5) is 0. The molecule has 0 heterocycles. The minimum absolute atomic E-state index is 0.238. The number of rotatable bonds is 4. The van der Waals surface area contributed by atoms with Crippen molar-refractivity contribution in [2.24, 2.45) is 0 Å². The Morgan fingerprint density at radius 1 is 0.773 bits per heavy atom. The lowest BCUT2D eigenvalue weighted by molar-refractivity contribution is 0.179. The van der Waals surface area contributed by atoms with Crippen molar-refractivity contribution in [2.75, 3.05) is 14.2 Å². The van der Waals surface area contributed by atoms with Gasteiger partial charge in [-0.05, 0) is 47.9 Å². The van der Waals surface area contributed by atoms with Crippen LogP contribution in [0.2, 0.25) is 0 Å². The van der Waals surface area contributed by atoms with Gasteiger partial charge in [0.1, 0.15) is 11.5 Å². The Hall–Kier alpha value is -2.00. The average Bonchev–Trinajstić information content (AvgIpc) is 2.96. The molecule has 2 aromatic rings. The van der Waals surface area contributed by atoms with Gasteiger partial charge >= 0.3 is 0 Å². The molecule has 0 unspecified atom stereocenters. The average molecular weight is 298 g/mol. The largest absolute Gasteiger partial charge is 0.496 e. The van der Waals surface area contributed by atoms with Crippen molar-refractivity contribution < 1.29 is 14.6 Å². The van der Waals surface area contributed by atoms with Gasteiger partial charge in [-0.15, -0.1) is 0 Å². The number of hydrogen-bond acceptors (Lipinski definition) is 3. The third-order valence-electron chi connectivity index (χ3n) is 4.61. The molecule has 0 radical (unpaired) electrons. The molecule has 1 saturated carbocycles. The van der Waals surface area contributed by atoms with E-state index in [-0.39, 0.29) is 17.9 Å². The summed E-state index contributed by atoms with van der Waals surface area (Å²) in [6.07, 6.45) is 1.22. The SMILES string of the molecule is COc1ccccc1[C@@H]1CC(O)C[C@H]1c1ccccc1OC. The van der Waals surface area contributed by atoms with E-state index in [1.165, 1.54) is 0 Å². The first-order valence-electron chi connectivity index (χ1n) is 7.68. The van der Waals surface area contributed by atoms with Gasteiger partial charge in [0.25, 0.3) is 0 Å². The van der Waals surface area contributed by atoms with Crippen LogP contribution in [0.1, 0.15) is 35.8 Å². The van der Waals surface area contributed by atoms with Gasteiger partial charge in [-0.25, -0.2) is 0 Å². The summed E-state index contributed by atoms with van der Waals surface area (Å²) in [5.74, 6) is 2.26.